The van der Waals surface area contributed by atoms with Gasteiger partial charge in [-0.2, -0.15) is 0 Å². The van der Waals surface area contributed by atoms with E-state index >= 15 is 0 Å². The second kappa shape index (κ2) is 5.68. The van der Waals surface area contributed by atoms with Gasteiger partial charge >= 0.3 is 0 Å². The lowest BCUT2D eigenvalue weighted by atomic mass is 9.79. The van der Waals surface area contributed by atoms with Crippen LogP contribution in [0.25, 0.3) is 0 Å². The lowest BCUT2D eigenvalue weighted by Gasteiger charge is -2.30. The molecule has 0 bridgehead atoms. The van der Waals surface area contributed by atoms with Gasteiger partial charge in [-0.05, 0) is 50.8 Å². The number of aryl methyl sites for hydroxylation is 2. The van der Waals surface area contributed by atoms with Crippen LogP contribution in [-0.2, 0) is 6.42 Å². The van der Waals surface area contributed by atoms with Crippen molar-refractivity contribution in [2.75, 3.05) is 7.05 Å². The summed E-state index contributed by atoms with van der Waals surface area (Å²) in [5.41, 5.74) is 4.33. The van der Waals surface area contributed by atoms with Crippen LogP contribution in [0.2, 0.25) is 0 Å². The van der Waals surface area contributed by atoms with E-state index in [1.807, 2.05) is 0 Å². The van der Waals surface area contributed by atoms with Gasteiger partial charge in [0.2, 0.25) is 0 Å². The summed E-state index contributed by atoms with van der Waals surface area (Å²) in [5, 5.41) is 3.50. The molecule has 2 rings (SSSR count). The van der Waals surface area contributed by atoms with Crippen molar-refractivity contribution >= 4 is 0 Å². The molecule has 0 aromatic heterocycles. The number of likely N-dealkylation sites (N-methyl/N-ethyl adjacent to an activating group) is 1. The Morgan fingerprint density at radius 1 is 1.29 bits per heavy atom. The minimum absolute atomic E-state index is 0.654. The fraction of sp³-hybridized carbons (Fsp3) is 0.625. The summed E-state index contributed by atoms with van der Waals surface area (Å²) >= 11 is 0. The van der Waals surface area contributed by atoms with Crippen LogP contribution in [0.3, 0.4) is 0 Å². The first-order valence-corrected chi connectivity index (χ1v) is 6.92. The van der Waals surface area contributed by atoms with Crippen LogP contribution < -0.4 is 5.32 Å². The third-order valence-corrected chi connectivity index (χ3v) is 4.22. The molecule has 1 aromatic rings. The first kappa shape index (κ1) is 12.6. The Balaban J connectivity index is 1.98. The highest BCUT2D eigenvalue weighted by Gasteiger charge is 2.21. The fourth-order valence-electron chi connectivity index (χ4n) is 2.72. The predicted molar refractivity (Wildman–Crippen MR) is 74.4 cm³/mol. The van der Waals surface area contributed by atoms with Crippen LogP contribution in [-0.4, -0.2) is 13.1 Å². The smallest absolute Gasteiger partial charge is 0.0107 e. The lowest BCUT2D eigenvalue weighted by molar-refractivity contribution is 0.263. The topological polar surface area (TPSA) is 12.0 Å². The molecular formula is C16H25N. The first-order chi connectivity index (χ1) is 8.19. The molecule has 1 unspecified atom stereocenters. The summed E-state index contributed by atoms with van der Waals surface area (Å²) in [6.07, 6.45) is 6.88. The van der Waals surface area contributed by atoms with Gasteiger partial charge in [0.25, 0.3) is 0 Å². The van der Waals surface area contributed by atoms with Crippen LogP contribution in [0, 0.1) is 19.8 Å². The molecule has 1 nitrogen and oxygen atoms in total. The van der Waals surface area contributed by atoms with Crippen molar-refractivity contribution in [2.24, 2.45) is 5.92 Å². The average molecular weight is 231 g/mol. The fourth-order valence-corrected chi connectivity index (χ4v) is 2.72. The van der Waals surface area contributed by atoms with E-state index in [0.29, 0.717) is 6.04 Å². The van der Waals surface area contributed by atoms with Crippen molar-refractivity contribution in [1.29, 1.82) is 0 Å². The Hall–Kier alpha value is -0.820. The van der Waals surface area contributed by atoms with Crippen molar-refractivity contribution in [3.8, 4) is 0 Å². The minimum atomic E-state index is 0.654. The van der Waals surface area contributed by atoms with Gasteiger partial charge in [-0.25, -0.2) is 0 Å². The molecule has 1 atom stereocenters. The molecule has 0 amide bonds. The van der Waals surface area contributed by atoms with Crippen LogP contribution in [0.4, 0.5) is 0 Å². The molecule has 1 fully saturated rings. The second-order valence-corrected chi connectivity index (χ2v) is 5.65. The molecule has 1 aliphatic rings. The van der Waals surface area contributed by atoms with E-state index in [1.54, 1.807) is 0 Å². The van der Waals surface area contributed by atoms with E-state index in [1.165, 1.54) is 48.8 Å². The number of hydrogen-bond acceptors (Lipinski definition) is 1. The number of rotatable bonds is 5. The summed E-state index contributed by atoms with van der Waals surface area (Å²) in [7, 11) is 2.11. The molecule has 1 N–H and O–H groups in total. The molecule has 0 spiro atoms. The summed E-state index contributed by atoms with van der Waals surface area (Å²) in [5.74, 6) is 0.984. The number of nitrogens with one attached hydrogen (secondary N) is 1. The molecule has 94 valence electrons. The van der Waals surface area contributed by atoms with E-state index in [4.69, 9.17) is 0 Å². The monoisotopic (exact) mass is 231 g/mol. The number of hydrogen-bond donors (Lipinski definition) is 1. The zero-order valence-electron chi connectivity index (χ0n) is 11.4. The van der Waals surface area contributed by atoms with E-state index in [0.717, 1.165) is 5.92 Å². The summed E-state index contributed by atoms with van der Waals surface area (Å²) in [4.78, 5) is 0. The average Bonchev–Trinajstić information content (AvgIpc) is 2.26. The predicted octanol–water partition coefficient (Wildman–Crippen LogP) is 3.62. The molecule has 0 saturated heterocycles. The quantitative estimate of drug-likeness (QED) is 0.816. The normalized spacial score (nSPS) is 17.8. The molecular weight excluding hydrogens is 206 g/mol. The highest BCUT2D eigenvalue weighted by molar-refractivity contribution is 5.31. The van der Waals surface area contributed by atoms with Gasteiger partial charge in [0.1, 0.15) is 0 Å². The highest BCUT2D eigenvalue weighted by Crippen LogP contribution is 2.31. The lowest BCUT2D eigenvalue weighted by Crippen LogP contribution is -2.32. The zero-order valence-corrected chi connectivity index (χ0v) is 11.4. The third-order valence-electron chi connectivity index (χ3n) is 4.22. The zero-order chi connectivity index (χ0) is 12.3. The molecule has 1 aliphatic carbocycles. The maximum Gasteiger partial charge on any atom is 0.0107 e. The largest absolute Gasteiger partial charge is 0.317 e. The van der Waals surface area contributed by atoms with Crippen LogP contribution in [0.5, 0.6) is 0 Å². The molecule has 0 heterocycles. The van der Waals surface area contributed by atoms with Crippen LogP contribution in [0.1, 0.15) is 42.4 Å². The van der Waals surface area contributed by atoms with Crippen LogP contribution in [0.15, 0.2) is 18.2 Å². The second-order valence-electron chi connectivity index (χ2n) is 5.65. The summed E-state index contributed by atoms with van der Waals surface area (Å²) < 4.78 is 0. The minimum Gasteiger partial charge on any atom is -0.317 e. The van der Waals surface area contributed by atoms with E-state index < -0.39 is 0 Å². The van der Waals surface area contributed by atoms with Gasteiger partial charge in [0.05, 0.1) is 0 Å². The van der Waals surface area contributed by atoms with Gasteiger partial charge in [-0.3, -0.25) is 0 Å². The van der Waals surface area contributed by atoms with Crippen molar-refractivity contribution in [3.63, 3.8) is 0 Å². The Bertz CT molecular complexity index is 366. The van der Waals surface area contributed by atoms with Gasteiger partial charge in [-0.1, -0.05) is 43.0 Å². The number of benzene rings is 1. The Labute approximate surface area is 106 Å². The summed E-state index contributed by atoms with van der Waals surface area (Å²) in [6.45, 7) is 4.41. The van der Waals surface area contributed by atoms with Crippen molar-refractivity contribution < 1.29 is 0 Å². The van der Waals surface area contributed by atoms with Crippen molar-refractivity contribution in [3.05, 3.63) is 34.9 Å². The van der Waals surface area contributed by atoms with Crippen molar-refractivity contribution in [2.45, 2.75) is 52.0 Å². The SMILES string of the molecule is CNC(Cc1cc(C)ccc1C)CC1CCC1. The van der Waals surface area contributed by atoms with Gasteiger partial charge < -0.3 is 5.32 Å². The van der Waals surface area contributed by atoms with E-state index in [9.17, 15) is 0 Å². The van der Waals surface area contributed by atoms with Crippen molar-refractivity contribution in [1.82, 2.24) is 5.32 Å². The molecule has 1 heteroatoms. The molecule has 1 aromatic carbocycles. The van der Waals surface area contributed by atoms with E-state index in [2.05, 4.69) is 44.4 Å². The maximum absolute atomic E-state index is 3.50. The van der Waals surface area contributed by atoms with E-state index in [-0.39, 0.29) is 0 Å². The maximum atomic E-state index is 3.50. The highest BCUT2D eigenvalue weighted by atomic mass is 14.9. The standard InChI is InChI=1S/C16H25N/c1-12-7-8-13(2)15(9-12)11-16(17-3)10-14-5-4-6-14/h7-9,14,16-17H,4-6,10-11H2,1-3H3. The van der Waals surface area contributed by atoms with Gasteiger partial charge in [-0.15, -0.1) is 0 Å². The Kier molecular flexibility index (Phi) is 4.22. The Morgan fingerprint density at radius 3 is 2.65 bits per heavy atom. The molecule has 0 radical (unpaired) electrons. The molecule has 1 saturated carbocycles. The first-order valence-electron chi connectivity index (χ1n) is 6.92. The third kappa shape index (κ3) is 3.32. The molecule has 0 aliphatic heterocycles. The van der Waals surface area contributed by atoms with Gasteiger partial charge in [0.15, 0.2) is 0 Å². The summed E-state index contributed by atoms with van der Waals surface area (Å²) in [6, 6.07) is 7.46. The van der Waals surface area contributed by atoms with Crippen LogP contribution >= 0.6 is 0 Å². The van der Waals surface area contributed by atoms with Gasteiger partial charge in [0, 0.05) is 6.04 Å². The Morgan fingerprint density at radius 2 is 2.06 bits per heavy atom. The molecule has 17 heavy (non-hydrogen) atoms.